The maximum atomic E-state index is 13.0. The van der Waals surface area contributed by atoms with Crippen LogP contribution in [0.2, 0.25) is 0 Å². The summed E-state index contributed by atoms with van der Waals surface area (Å²) < 4.78 is 31.8. The molecule has 4 aromatic heterocycles. The zero-order valence-corrected chi connectivity index (χ0v) is 22.9. The summed E-state index contributed by atoms with van der Waals surface area (Å²) >= 11 is 0.988. The van der Waals surface area contributed by atoms with Gasteiger partial charge in [0.2, 0.25) is 5.95 Å². The first-order valence-electron chi connectivity index (χ1n) is 12.3. The summed E-state index contributed by atoms with van der Waals surface area (Å²) in [6.07, 6.45) is -4.80. The number of ether oxygens (including phenoxy) is 1. The quantitative estimate of drug-likeness (QED) is 0.0914. The number of aromatic amines is 1. The van der Waals surface area contributed by atoms with Gasteiger partial charge in [0.05, 0.1) is 37.2 Å². The number of anilines is 2. The Labute approximate surface area is 237 Å². The second kappa shape index (κ2) is 10.8. The Morgan fingerprint density at radius 1 is 1.05 bits per heavy atom. The van der Waals surface area contributed by atoms with Crippen molar-refractivity contribution in [3.63, 3.8) is 0 Å². The van der Waals surface area contributed by atoms with Gasteiger partial charge in [-0.05, 0) is 0 Å². The van der Waals surface area contributed by atoms with Gasteiger partial charge in [-0.15, -0.1) is 11.8 Å². The number of phosphoric acid groups is 1. The number of aliphatic hydroxyl groups is 4. The maximum Gasteiger partial charge on any atom is 0.472 e. The van der Waals surface area contributed by atoms with Crippen LogP contribution in [0.3, 0.4) is 0 Å². The molecule has 0 radical (unpaired) electrons. The molecule has 9 atom stereocenters. The Morgan fingerprint density at radius 2 is 1.79 bits per heavy atom. The van der Waals surface area contributed by atoms with Crippen LogP contribution in [0.1, 0.15) is 11.6 Å². The minimum absolute atomic E-state index is 0.0170. The van der Waals surface area contributed by atoms with Crippen LogP contribution in [0.5, 0.6) is 0 Å². The van der Waals surface area contributed by atoms with Crippen molar-refractivity contribution in [3.05, 3.63) is 29.3 Å². The molecule has 22 heteroatoms. The molecule has 42 heavy (non-hydrogen) atoms. The summed E-state index contributed by atoms with van der Waals surface area (Å²) in [6, 6.07) is 0. The third-order valence-electron chi connectivity index (χ3n) is 6.87. The predicted molar refractivity (Wildman–Crippen MR) is 142 cm³/mol. The van der Waals surface area contributed by atoms with Gasteiger partial charge in [0, 0.05) is 0 Å². The van der Waals surface area contributed by atoms with Crippen molar-refractivity contribution in [2.24, 2.45) is 0 Å². The maximum absolute atomic E-state index is 13.0. The van der Waals surface area contributed by atoms with Crippen molar-refractivity contribution in [2.45, 2.75) is 47.4 Å². The molecule has 2 aliphatic rings. The molecule has 2 fully saturated rings. The minimum Gasteiger partial charge on any atom is -0.395 e. The van der Waals surface area contributed by atoms with Gasteiger partial charge in [0.1, 0.15) is 41.6 Å². The van der Waals surface area contributed by atoms with Crippen LogP contribution in [-0.4, -0.2) is 113 Å². The fourth-order valence-electron chi connectivity index (χ4n) is 4.84. The minimum atomic E-state index is -4.99. The SMILES string of the molecule is Nc1nc2c(ncn2[C@@H]2S[C@H](CO)C(O)C2OP(=O)(O)OC[C@H]2O[C@@H](n3cnc4c(N)ncnc43)C(O)C2O)c(=O)[nH]1. The molecule has 20 nitrogen and oxygen atoms in total. The van der Waals surface area contributed by atoms with Crippen LogP contribution in [0.4, 0.5) is 11.8 Å². The van der Waals surface area contributed by atoms with Crippen molar-refractivity contribution < 1.29 is 43.7 Å². The van der Waals surface area contributed by atoms with Crippen LogP contribution < -0.4 is 17.0 Å². The van der Waals surface area contributed by atoms with Crippen molar-refractivity contribution in [2.75, 3.05) is 24.7 Å². The third-order valence-corrected chi connectivity index (χ3v) is 9.41. The average Bonchev–Trinajstić information content (AvgIpc) is 3.69. The van der Waals surface area contributed by atoms with Gasteiger partial charge in [-0.25, -0.2) is 24.5 Å². The zero-order chi connectivity index (χ0) is 29.9. The normalized spacial score (nSPS) is 31.3. The number of aromatic nitrogens is 8. The van der Waals surface area contributed by atoms with Crippen LogP contribution in [0.15, 0.2) is 23.8 Å². The number of H-pyrrole nitrogens is 1. The van der Waals surface area contributed by atoms with Gasteiger partial charge in [-0.3, -0.25) is 28.0 Å². The van der Waals surface area contributed by atoms with E-state index in [-0.39, 0.29) is 34.1 Å². The number of hydrogen-bond acceptors (Lipinski definition) is 17. The molecule has 2 saturated heterocycles. The highest BCUT2D eigenvalue weighted by atomic mass is 32.2. The molecule has 2 aliphatic heterocycles. The lowest BCUT2D eigenvalue weighted by molar-refractivity contribution is -0.0559. The molecule has 0 bridgehead atoms. The molecule has 10 N–H and O–H groups in total. The van der Waals surface area contributed by atoms with Gasteiger partial charge < -0.3 is 41.5 Å². The fourth-order valence-corrected chi connectivity index (χ4v) is 7.28. The van der Waals surface area contributed by atoms with Gasteiger partial charge >= 0.3 is 7.82 Å². The Balaban J connectivity index is 1.19. The molecule has 0 saturated carbocycles. The van der Waals surface area contributed by atoms with E-state index < -0.39 is 74.0 Å². The summed E-state index contributed by atoms with van der Waals surface area (Å²) in [4.78, 5) is 45.1. The topological polar surface area (TPSA) is 305 Å². The number of imidazole rings is 2. The van der Waals surface area contributed by atoms with Crippen molar-refractivity contribution >= 4 is 53.7 Å². The van der Waals surface area contributed by atoms with Gasteiger partial charge in [-0.2, -0.15) is 4.98 Å². The Morgan fingerprint density at radius 3 is 2.55 bits per heavy atom. The highest BCUT2D eigenvalue weighted by Crippen LogP contribution is 2.53. The smallest absolute Gasteiger partial charge is 0.395 e. The zero-order valence-electron chi connectivity index (χ0n) is 21.2. The van der Waals surface area contributed by atoms with E-state index in [2.05, 4.69) is 29.9 Å². The van der Waals surface area contributed by atoms with E-state index in [1.54, 1.807) is 0 Å². The first-order chi connectivity index (χ1) is 20.0. The van der Waals surface area contributed by atoms with Crippen molar-refractivity contribution in [1.82, 2.24) is 39.0 Å². The molecule has 4 aromatic rings. The molecule has 0 aliphatic carbocycles. The molecular weight excluding hydrogens is 603 g/mol. The number of nitrogens with zero attached hydrogens (tertiary/aromatic N) is 7. The summed E-state index contributed by atoms with van der Waals surface area (Å²) in [7, 11) is -4.99. The molecule has 6 heterocycles. The molecule has 0 amide bonds. The molecule has 226 valence electrons. The number of nitrogens with two attached hydrogens (primary N) is 2. The molecule has 0 aromatic carbocycles. The number of nitrogens with one attached hydrogen (secondary N) is 1. The lowest BCUT2D eigenvalue weighted by Crippen LogP contribution is -2.36. The summed E-state index contributed by atoms with van der Waals surface area (Å²) in [5, 5.41) is 39.9. The monoisotopic (exact) mass is 628 g/mol. The number of nitrogen functional groups attached to an aromatic ring is 2. The lowest BCUT2D eigenvalue weighted by atomic mass is 10.1. The molecule has 0 spiro atoms. The second-order valence-corrected chi connectivity index (χ2v) is 12.2. The van der Waals surface area contributed by atoms with E-state index in [9.17, 15) is 34.7 Å². The molecule has 5 unspecified atom stereocenters. The summed E-state index contributed by atoms with van der Waals surface area (Å²) in [5.74, 6) is -0.117. The predicted octanol–water partition coefficient (Wildman–Crippen LogP) is -2.79. The van der Waals surface area contributed by atoms with Gasteiger partial charge in [0.15, 0.2) is 28.9 Å². The number of aliphatic hydroxyl groups excluding tert-OH is 4. The van der Waals surface area contributed by atoms with Gasteiger partial charge in [-0.1, -0.05) is 0 Å². The van der Waals surface area contributed by atoms with Crippen molar-refractivity contribution in [3.8, 4) is 0 Å². The Kier molecular flexibility index (Phi) is 7.42. The Hall–Kier alpha value is -3.24. The molecule has 6 rings (SSSR count). The number of thioether (sulfide) groups is 1. The third kappa shape index (κ3) is 4.92. The first kappa shape index (κ1) is 28.9. The van der Waals surface area contributed by atoms with E-state index in [4.69, 9.17) is 25.3 Å². The number of fused-ring (bicyclic) bond motifs is 2. The van der Waals surface area contributed by atoms with Crippen LogP contribution in [0, 0.1) is 0 Å². The van der Waals surface area contributed by atoms with Crippen LogP contribution >= 0.6 is 19.6 Å². The first-order valence-corrected chi connectivity index (χ1v) is 14.7. The fraction of sp³-hybridized carbons (Fsp3) is 0.500. The number of hydrogen-bond donors (Lipinski definition) is 8. The van der Waals surface area contributed by atoms with Gasteiger partial charge in [0.25, 0.3) is 5.56 Å². The van der Waals surface area contributed by atoms with E-state index >= 15 is 0 Å². The average molecular weight is 629 g/mol. The summed E-state index contributed by atoms with van der Waals surface area (Å²) in [6.45, 7) is -1.22. The summed E-state index contributed by atoms with van der Waals surface area (Å²) in [5.41, 5.74) is 11.2. The Bertz CT molecular complexity index is 1730. The standard InChI is InChI=1S/C20H25N10O10PS/c21-14-8-15(24-3-23-14)29(4-25-8)18-12(34)10(32)6(39-18)2-38-41(36,37)40-13-11(33)7(1-31)42-19(13)30-5-26-9-16(30)27-20(22)28-17(9)35/h3-7,10-13,18-19,31-34H,1-2H2,(H,36,37)(H2,21,23,24)(H3,22,27,28,35)/t6-,7-,10?,11?,12?,13?,18-,19-/m1/s1. The van der Waals surface area contributed by atoms with E-state index in [0.717, 1.165) is 11.8 Å². The van der Waals surface area contributed by atoms with E-state index in [1.165, 1.54) is 28.1 Å². The second-order valence-electron chi connectivity index (χ2n) is 9.48. The highest BCUT2D eigenvalue weighted by Gasteiger charge is 2.50. The lowest BCUT2D eigenvalue weighted by Gasteiger charge is -2.25. The number of rotatable bonds is 8. The van der Waals surface area contributed by atoms with Crippen LogP contribution in [-0.2, 0) is 18.3 Å². The van der Waals surface area contributed by atoms with Crippen molar-refractivity contribution in [1.29, 1.82) is 0 Å². The largest absolute Gasteiger partial charge is 0.472 e. The van der Waals surface area contributed by atoms with Crippen LogP contribution in [0.25, 0.3) is 22.3 Å². The highest BCUT2D eigenvalue weighted by molar-refractivity contribution is 8.00. The van der Waals surface area contributed by atoms with E-state index in [0.29, 0.717) is 0 Å². The molecular formula is C20H25N10O10PS. The van der Waals surface area contributed by atoms with E-state index in [1.807, 2.05) is 0 Å². The number of phosphoric ester groups is 1.